The molecule has 1 unspecified atom stereocenters. The summed E-state index contributed by atoms with van der Waals surface area (Å²) in [6.45, 7) is 11.2. The average Bonchev–Trinajstić information content (AvgIpc) is 2.73. The zero-order chi connectivity index (χ0) is 23.9. The summed E-state index contributed by atoms with van der Waals surface area (Å²) in [5.74, 6) is 2.55. The zero-order valence-corrected chi connectivity index (χ0v) is 21.5. The molecule has 2 aliphatic carbocycles. The van der Waals surface area contributed by atoms with Gasteiger partial charge >= 0.3 is 10.1 Å². The number of rotatable bonds is 6. The fraction of sp³-hybridized carbons (Fsp3) is 0.500. The maximum absolute atomic E-state index is 12.3. The number of allylic oxidation sites excluding steroid dienone is 2. The summed E-state index contributed by atoms with van der Waals surface area (Å²) in [5, 5.41) is 0. The number of benzene rings is 2. The van der Waals surface area contributed by atoms with Crippen molar-refractivity contribution in [3.8, 4) is 11.5 Å². The first-order valence-electron chi connectivity index (χ1n) is 12.0. The van der Waals surface area contributed by atoms with Gasteiger partial charge in [-0.3, -0.25) is 0 Å². The largest absolute Gasteiger partial charge is 0.485 e. The molecule has 0 fully saturated rings. The van der Waals surface area contributed by atoms with Gasteiger partial charge in [0.05, 0.1) is 6.26 Å². The van der Waals surface area contributed by atoms with E-state index in [1.807, 2.05) is 37.3 Å². The van der Waals surface area contributed by atoms with Gasteiger partial charge in [-0.1, -0.05) is 55.8 Å². The van der Waals surface area contributed by atoms with Crippen molar-refractivity contribution in [2.45, 2.75) is 78.2 Å². The van der Waals surface area contributed by atoms with Gasteiger partial charge in [0.1, 0.15) is 6.61 Å². The quantitative estimate of drug-likeness (QED) is 0.339. The highest BCUT2D eigenvalue weighted by Gasteiger charge is 2.42. The predicted octanol–water partition coefficient (Wildman–Crippen LogP) is 6.98. The molecule has 5 heteroatoms. The number of ether oxygens (including phenoxy) is 1. The van der Waals surface area contributed by atoms with Crippen molar-refractivity contribution >= 4 is 10.1 Å². The molecule has 0 saturated carbocycles. The maximum Gasteiger partial charge on any atom is 0.306 e. The average molecular weight is 469 g/mol. The normalized spacial score (nSPS) is 24.1. The Hall–Kier alpha value is -2.27. The molecule has 0 amide bonds. The van der Waals surface area contributed by atoms with Gasteiger partial charge in [0.2, 0.25) is 0 Å². The van der Waals surface area contributed by atoms with Crippen LogP contribution in [0.1, 0.15) is 92.5 Å². The van der Waals surface area contributed by atoms with Gasteiger partial charge in [0.25, 0.3) is 0 Å². The Morgan fingerprint density at radius 1 is 1.03 bits per heavy atom. The van der Waals surface area contributed by atoms with Crippen molar-refractivity contribution in [2.75, 3.05) is 6.26 Å². The third kappa shape index (κ3) is 4.84. The molecule has 2 aromatic carbocycles. The smallest absolute Gasteiger partial charge is 0.306 e. The minimum absolute atomic E-state index is 0.255. The van der Waals surface area contributed by atoms with E-state index in [1.165, 1.54) is 16.7 Å². The van der Waals surface area contributed by atoms with E-state index in [0.717, 1.165) is 42.2 Å². The van der Waals surface area contributed by atoms with Crippen LogP contribution in [0.2, 0.25) is 0 Å². The first kappa shape index (κ1) is 23.9. The monoisotopic (exact) mass is 468 g/mol. The summed E-state index contributed by atoms with van der Waals surface area (Å²) in [6, 6.07) is 9.99. The van der Waals surface area contributed by atoms with E-state index >= 15 is 0 Å². The summed E-state index contributed by atoms with van der Waals surface area (Å²) in [6.07, 6.45) is 6.75. The lowest BCUT2D eigenvalue weighted by molar-refractivity contribution is 0.277. The molecule has 0 saturated heterocycles. The highest BCUT2D eigenvalue weighted by Crippen LogP contribution is 2.58. The Bertz CT molecular complexity index is 1160. The Kier molecular flexibility index (Phi) is 6.63. The number of hydrogen-bond donors (Lipinski definition) is 0. The van der Waals surface area contributed by atoms with Crippen LogP contribution in [0.3, 0.4) is 0 Å². The van der Waals surface area contributed by atoms with Gasteiger partial charge in [0, 0.05) is 17.0 Å². The summed E-state index contributed by atoms with van der Waals surface area (Å²) in [7, 11) is -3.72. The van der Waals surface area contributed by atoms with E-state index in [-0.39, 0.29) is 11.8 Å². The molecule has 178 valence electrons. The zero-order valence-electron chi connectivity index (χ0n) is 20.6. The summed E-state index contributed by atoms with van der Waals surface area (Å²) < 4.78 is 36.8. The van der Waals surface area contributed by atoms with Crippen LogP contribution in [-0.4, -0.2) is 14.7 Å². The Balaban J connectivity index is 1.97. The molecule has 0 aliphatic heterocycles. The Morgan fingerprint density at radius 2 is 1.73 bits per heavy atom. The molecule has 2 aliphatic rings. The molecular weight excluding hydrogens is 432 g/mol. The summed E-state index contributed by atoms with van der Waals surface area (Å²) in [5.41, 5.74) is 7.01. The molecule has 0 heterocycles. The van der Waals surface area contributed by atoms with Gasteiger partial charge in [-0.25, -0.2) is 0 Å². The Morgan fingerprint density at radius 3 is 2.36 bits per heavy atom. The summed E-state index contributed by atoms with van der Waals surface area (Å²) >= 11 is 0. The van der Waals surface area contributed by atoms with Gasteiger partial charge in [-0.05, 0) is 74.5 Å². The lowest BCUT2D eigenvalue weighted by atomic mass is 9.62. The maximum atomic E-state index is 12.3. The molecule has 0 bridgehead atoms. The fourth-order valence-corrected chi connectivity index (χ4v) is 6.40. The minimum Gasteiger partial charge on any atom is -0.485 e. The fourth-order valence-electron chi connectivity index (χ4n) is 5.90. The molecule has 2 aromatic rings. The second-order valence-corrected chi connectivity index (χ2v) is 11.8. The topological polar surface area (TPSA) is 52.6 Å². The second kappa shape index (κ2) is 9.17. The first-order valence-corrected chi connectivity index (χ1v) is 13.8. The van der Waals surface area contributed by atoms with Crippen molar-refractivity contribution in [1.29, 1.82) is 0 Å². The van der Waals surface area contributed by atoms with Gasteiger partial charge < -0.3 is 8.92 Å². The molecule has 4 nitrogen and oxygen atoms in total. The van der Waals surface area contributed by atoms with Crippen LogP contribution in [0.5, 0.6) is 11.5 Å². The molecule has 4 atom stereocenters. The third-order valence-corrected chi connectivity index (χ3v) is 7.70. The molecule has 0 N–H and O–H groups in total. The molecule has 0 aromatic heterocycles. The van der Waals surface area contributed by atoms with Gasteiger partial charge in [-0.2, -0.15) is 8.42 Å². The molecular formula is C28H36O4S. The standard InChI is InChI=1S/C28H36O4S/c1-17(2)14-22-15-19(4)23-13-12-18(3)24-26(23)25(22)20(5)27(32-33(6,29)30)28(24)31-16-21-10-8-7-9-11-21/h7-11,14,18-19,22-23H,12-13,15-16H2,1-6H3/t18-,19-,22?,23+/m0/s1. The van der Waals surface area contributed by atoms with Crippen molar-refractivity contribution in [1.82, 2.24) is 0 Å². The summed E-state index contributed by atoms with van der Waals surface area (Å²) in [4.78, 5) is 0. The van der Waals surface area contributed by atoms with E-state index in [2.05, 4.69) is 33.8 Å². The van der Waals surface area contributed by atoms with E-state index in [9.17, 15) is 8.42 Å². The predicted molar refractivity (Wildman–Crippen MR) is 134 cm³/mol. The SMILES string of the molecule is CC(C)=CC1C[C@H](C)[C@H]2CC[C@H](C)c3c(OCc4ccccc4)c(OS(C)(=O)=O)c(C)c1c32. The van der Waals surface area contributed by atoms with Crippen molar-refractivity contribution in [3.63, 3.8) is 0 Å². The second-order valence-electron chi connectivity index (χ2n) is 10.2. The van der Waals surface area contributed by atoms with Crippen molar-refractivity contribution in [3.05, 3.63) is 69.8 Å². The van der Waals surface area contributed by atoms with Crippen LogP contribution < -0.4 is 8.92 Å². The van der Waals surface area contributed by atoms with E-state index < -0.39 is 10.1 Å². The first-order chi connectivity index (χ1) is 15.6. The molecule has 4 rings (SSSR count). The van der Waals surface area contributed by atoms with Crippen LogP contribution >= 0.6 is 0 Å². The lowest BCUT2D eigenvalue weighted by Crippen LogP contribution is -2.29. The molecule has 0 spiro atoms. The minimum atomic E-state index is -3.72. The molecule has 33 heavy (non-hydrogen) atoms. The van der Waals surface area contributed by atoms with Crippen LogP contribution in [0.15, 0.2) is 42.0 Å². The highest BCUT2D eigenvalue weighted by atomic mass is 32.2. The van der Waals surface area contributed by atoms with Crippen LogP contribution in [-0.2, 0) is 16.7 Å². The van der Waals surface area contributed by atoms with Crippen LogP contribution in [0.25, 0.3) is 0 Å². The lowest BCUT2D eigenvalue weighted by Gasteiger charge is -2.43. The van der Waals surface area contributed by atoms with E-state index in [0.29, 0.717) is 29.9 Å². The van der Waals surface area contributed by atoms with Crippen molar-refractivity contribution < 1.29 is 17.3 Å². The van der Waals surface area contributed by atoms with Gasteiger partial charge in [0.15, 0.2) is 11.5 Å². The highest BCUT2D eigenvalue weighted by molar-refractivity contribution is 7.86. The van der Waals surface area contributed by atoms with Crippen LogP contribution in [0.4, 0.5) is 0 Å². The van der Waals surface area contributed by atoms with Gasteiger partial charge in [-0.15, -0.1) is 0 Å². The van der Waals surface area contributed by atoms with E-state index in [4.69, 9.17) is 8.92 Å². The number of hydrogen-bond acceptors (Lipinski definition) is 4. The Labute approximate surface area is 199 Å². The molecule has 0 radical (unpaired) electrons. The third-order valence-electron chi connectivity index (χ3n) is 7.23. The van der Waals surface area contributed by atoms with E-state index in [1.54, 1.807) is 0 Å². The van der Waals surface area contributed by atoms with Crippen LogP contribution in [0, 0.1) is 12.8 Å². The van der Waals surface area contributed by atoms with Crippen molar-refractivity contribution in [2.24, 2.45) is 5.92 Å².